The maximum atomic E-state index is 6.76. The lowest BCUT2D eigenvalue weighted by atomic mass is 10.1. The van der Waals surface area contributed by atoms with Crippen LogP contribution in [-0.4, -0.2) is 49.2 Å². The zero-order chi connectivity index (χ0) is 52.2. The molecule has 0 saturated carbocycles. The van der Waals surface area contributed by atoms with Crippen LogP contribution in [0.1, 0.15) is 0 Å². The van der Waals surface area contributed by atoms with E-state index in [1.54, 1.807) is 0 Å². The van der Waals surface area contributed by atoms with Crippen LogP contribution in [0, 0.1) is 0 Å². The second-order valence-corrected chi connectivity index (χ2v) is 19.2. The van der Waals surface area contributed by atoms with E-state index in [4.69, 9.17) is 44.5 Å². The number of benzene rings is 10. The SMILES string of the molecule is c1ccc(-c2nc(-c3ccccc3)nc(-c3cccc(-n4c5ccccc5c5ccc(-c6nnc(-c7cccc8c7c7ccccc7n8-c7cccc(-c8nc(-c9ccccc9)nc(-c9ccccc9)n8)c7)o6)cc54)c3)n2)cc1. The van der Waals surface area contributed by atoms with Crippen molar-refractivity contribution in [2.75, 3.05) is 0 Å². The van der Waals surface area contributed by atoms with Crippen molar-refractivity contribution in [3.63, 3.8) is 0 Å². The molecule has 0 spiro atoms. The molecule has 11 nitrogen and oxygen atoms in total. The molecule has 0 aliphatic carbocycles. The summed E-state index contributed by atoms with van der Waals surface area (Å²) >= 11 is 0. The number of hydrogen-bond donors (Lipinski definition) is 0. The molecule has 10 aromatic carbocycles. The highest BCUT2D eigenvalue weighted by atomic mass is 16.4. The van der Waals surface area contributed by atoms with E-state index in [1.165, 1.54) is 0 Å². The fourth-order valence-electron chi connectivity index (χ4n) is 10.7. The molecule has 0 aliphatic rings. The predicted molar refractivity (Wildman–Crippen MR) is 313 cm³/mol. The first-order valence-corrected chi connectivity index (χ1v) is 26.0. The number of rotatable bonds is 10. The normalized spacial score (nSPS) is 11.5. The van der Waals surface area contributed by atoms with Crippen LogP contribution in [0.25, 0.3) is 146 Å². The monoisotopic (exact) mass is 1010 g/mol. The maximum Gasteiger partial charge on any atom is 0.248 e. The molecule has 0 radical (unpaired) electrons. The van der Waals surface area contributed by atoms with Gasteiger partial charge in [-0.2, -0.15) is 0 Å². The summed E-state index contributed by atoms with van der Waals surface area (Å²) < 4.78 is 11.3. The molecule has 0 atom stereocenters. The van der Waals surface area contributed by atoms with Gasteiger partial charge < -0.3 is 13.6 Å². The highest BCUT2D eigenvalue weighted by molar-refractivity contribution is 6.15. The Morgan fingerprint density at radius 3 is 1.15 bits per heavy atom. The van der Waals surface area contributed by atoms with E-state index in [9.17, 15) is 0 Å². The molecule has 0 bridgehead atoms. The van der Waals surface area contributed by atoms with Crippen LogP contribution < -0.4 is 0 Å². The third kappa shape index (κ3) is 8.08. The Hall–Kier alpha value is -11.0. The van der Waals surface area contributed by atoms with Gasteiger partial charge in [0.05, 0.1) is 22.1 Å². The lowest BCUT2D eigenvalue weighted by Gasteiger charge is -2.12. The summed E-state index contributed by atoms with van der Waals surface area (Å²) in [6.45, 7) is 0. The van der Waals surface area contributed by atoms with Crippen molar-refractivity contribution >= 4 is 43.6 Å². The Morgan fingerprint density at radius 1 is 0.253 bits per heavy atom. The number of aromatic nitrogens is 10. The average Bonchev–Trinajstić information content (AvgIpc) is 4.35. The van der Waals surface area contributed by atoms with Crippen LogP contribution in [0.2, 0.25) is 0 Å². The van der Waals surface area contributed by atoms with Gasteiger partial charge >= 0.3 is 0 Å². The average molecular weight is 1020 g/mol. The summed E-state index contributed by atoms with van der Waals surface area (Å²) in [5.41, 5.74) is 12.9. The fourth-order valence-corrected chi connectivity index (χ4v) is 10.7. The van der Waals surface area contributed by atoms with Gasteiger partial charge in [-0.1, -0.05) is 194 Å². The van der Waals surface area contributed by atoms with Crippen molar-refractivity contribution in [2.24, 2.45) is 0 Å². The van der Waals surface area contributed by atoms with Gasteiger partial charge in [-0.05, 0) is 60.7 Å². The molecular weight excluding hydrogens is 973 g/mol. The highest BCUT2D eigenvalue weighted by Crippen LogP contribution is 2.41. The van der Waals surface area contributed by atoms with E-state index in [0.29, 0.717) is 46.7 Å². The molecule has 0 N–H and O–H groups in total. The van der Waals surface area contributed by atoms with Gasteiger partial charge in [-0.3, -0.25) is 0 Å². The van der Waals surface area contributed by atoms with Crippen molar-refractivity contribution in [1.29, 1.82) is 0 Å². The molecule has 0 saturated heterocycles. The number of hydrogen-bond acceptors (Lipinski definition) is 9. The first kappa shape index (κ1) is 45.4. The standard InChI is InChI=1S/C68H42N10O/c1-5-20-43(21-6-1)61-69-62(44-22-7-2-8-23-44)72-65(71-61)47-28-17-30-50(40-47)77-57-36-16-14-33-54(57)60-55(34-19-37-58(60)77)68-76-75-67(79-68)49-38-39-53-52-32-13-15-35-56(52)78(59(53)42-49)51-31-18-29-48(41-51)66-73-63(45-24-9-3-10-25-45)70-64(74-66)46-26-11-4-12-27-46/h1-42H. The van der Waals surface area contributed by atoms with Gasteiger partial charge in [-0.15, -0.1) is 10.2 Å². The van der Waals surface area contributed by atoms with E-state index in [0.717, 1.165) is 99.5 Å². The summed E-state index contributed by atoms with van der Waals surface area (Å²) in [5.74, 6) is 4.41. The molecular formula is C68H42N10O. The van der Waals surface area contributed by atoms with Crippen LogP contribution in [-0.2, 0) is 0 Å². The van der Waals surface area contributed by atoms with Gasteiger partial charge in [0.2, 0.25) is 11.8 Å². The summed E-state index contributed by atoms with van der Waals surface area (Å²) in [6.07, 6.45) is 0. The molecule has 0 aliphatic heterocycles. The molecule has 0 amide bonds. The van der Waals surface area contributed by atoms with Crippen LogP contribution in [0.3, 0.4) is 0 Å². The van der Waals surface area contributed by atoms with Gasteiger partial charge in [0, 0.05) is 77.4 Å². The topological polar surface area (TPSA) is 126 Å². The smallest absolute Gasteiger partial charge is 0.248 e. The maximum absolute atomic E-state index is 6.76. The third-order valence-corrected chi connectivity index (χ3v) is 14.4. The van der Waals surface area contributed by atoms with Crippen molar-refractivity contribution < 1.29 is 4.42 Å². The van der Waals surface area contributed by atoms with Crippen molar-refractivity contribution in [3.8, 4) is 103 Å². The molecule has 370 valence electrons. The number of fused-ring (bicyclic) bond motifs is 6. The zero-order valence-corrected chi connectivity index (χ0v) is 42.1. The summed E-state index contributed by atoms with van der Waals surface area (Å²) in [6, 6.07) is 86.4. The lowest BCUT2D eigenvalue weighted by molar-refractivity contribution is 0.585. The van der Waals surface area contributed by atoms with Crippen LogP contribution >= 0.6 is 0 Å². The molecule has 5 aromatic heterocycles. The fraction of sp³-hybridized carbons (Fsp3) is 0. The quantitative estimate of drug-likeness (QED) is 0.132. The Labute approximate surface area is 452 Å². The largest absolute Gasteiger partial charge is 0.416 e. The Kier molecular flexibility index (Phi) is 10.9. The minimum Gasteiger partial charge on any atom is -0.416 e. The minimum atomic E-state index is 0.407. The van der Waals surface area contributed by atoms with Crippen molar-refractivity contribution in [3.05, 3.63) is 255 Å². The summed E-state index contributed by atoms with van der Waals surface area (Å²) in [5, 5.41) is 13.7. The molecule has 0 unspecified atom stereocenters. The Balaban J connectivity index is 0.818. The van der Waals surface area contributed by atoms with Gasteiger partial charge in [0.25, 0.3) is 0 Å². The van der Waals surface area contributed by atoms with Gasteiger partial charge in [0.15, 0.2) is 34.9 Å². The summed E-state index contributed by atoms with van der Waals surface area (Å²) in [7, 11) is 0. The summed E-state index contributed by atoms with van der Waals surface area (Å²) in [4.78, 5) is 30.1. The second kappa shape index (κ2) is 19.0. The molecule has 11 heteroatoms. The Morgan fingerprint density at radius 2 is 0.633 bits per heavy atom. The first-order valence-electron chi connectivity index (χ1n) is 26.0. The minimum absolute atomic E-state index is 0.407. The number of para-hydroxylation sites is 2. The first-order chi connectivity index (χ1) is 39.1. The lowest BCUT2D eigenvalue weighted by Crippen LogP contribution is -2.01. The third-order valence-electron chi connectivity index (χ3n) is 14.4. The molecule has 15 aromatic rings. The predicted octanol–water partition coefficient (Wildman–Crippen LogP) is 16.0. The van der Waals surface area contributed by atoms with E-state index < -0.39 is 0 Å². The van der Waals surface area contributed by atoms with E-state index >= 15 is 0 Å². The zero-order valence-electron chi connectivity index (χ0n) is 42.1. The van der Waals surface area contributed by atoms with Crippen LogP contribution in [0.15, 0.2) is 259 Å². The van der Waals surface area contributed by atoms with E-state index in [2.05, 4.69) is 137 Å². The molecule has 79 heavy (non-hydrogen) atoms. The molecule has 15 rings (SSSR count). The van der Waals surface area contributed by atoms with Crippen molar-refractivity contribution in [1.82, 2.24) is 49.2 Å². The van der Waals surface area contributed by atoms with Gasteiger partial charge in [0.1, 0.15) is 0 Å². The molecule has 0 fully saturated rings. The van der Waals surface area contributed by atoms with Crippen LogP contribution in [0.5, 0.6) is 0 Å². The number of nitrogens with zero attached hydrogens (tertiary/aromatic N) is 10. The molecule has 5 heterocycles. The van der Waals surface area contributed by atoms with Gasteiger partial charge in [-0.25, -0.2) is 29.9 Å². The van der Waals surface area contributed by atoms with E-state index in [1.807, 2.05) is 127 Å². The van der Waals surface area contributed by atoms with Crippen molar-refractivity contribution in [2.45, 2.75) is 0 Å². The van der Waals surface area contributed by atoms with Crippen LogP contribution in [0.4, 0.5) is 0 Å². The Bertz CT molecular complexity index is 4670. The van der Waals surface area contributed by atoms with E-state index in [-0.39, 0.29) is 0 Å². The highest BCUT2D eigenvalue weighted by Gasteiger charge is 2.23. The second-order valence-electron chi connectivity index (χ2n) is 19.2.